The normalized spacial score (nSPS) is 12.6. The van der Waals surface area contributed by atoms with E-state index in [1.54, 1.807) is 7.11 Å². The van der Waals surface area contributed by atoms with E-state index in [2.05, 4.69) is 11.6 Å². The quantitative estimate of drug-likeness (QED) is 0.775. The van der Waals surface area contributed by atoms with E-state index in [4.69, 9.17) is 10.5 Å². The van der Waals surface area contributed by atoms with E-state index in [0.717, 1.165) is 35.1 Å². The summed E-state index contributed by atoms with van der Waals surface area (Å²) in [5.74, 6) is 0.856. The molecule has 3 N–H and O–H groups in total. The maximum absolute atomic E-state index is 6.17. The van der Waals surface area contributed by atoms with Gasteiger partial charge in [0.15, 0.2) is 0 Å². The lowest BCUT2D eigenvalue weighted by Gasteiger charge is -2.09. The maximum Gasteiger partial charge on any atom is 0.119 e. The van der Waals surface area contributed by atoms with Crippen LogP contribution in [-0.4, -0.2) is 12.1 Å². The molecule has 0 saturated carbocycles. The van der Waals surface area contributed by atoms with Gasteiger partial charge in [0, 0.05) is 23.1 Å². The zero-order chi connectivity index (χ0) is 12.3. The molecule has 0 spiro atoms. The van der Waals surface area contributed by atoms with Gasteiger partial charge >= 0.3 is 0 Å². The Hall–Kier alpha value is -1.74. The van der Waals surface area contributed by atoms with Gasteiger partial charge in [-0.25, -0.2) is 0 Å². The summed E-state index contributed by atoms with van der Waals surface area (Å²) in [4.78, 5) is 3.24. The fourth-order valence-corrected chi connectivity index (χ4v) is 2.01. The van der Waals surface area contributed by atoms with Gasteiger partial charge in [-0.2, -0.15) is 0 Å². The molecule has 0 amide bonds. The zero-order valence-electron chi connectivity index (χ0n) is 10.1. The predicted octanol–water partition coefficient (Wildman–Crippen LogP) is 3.14. The molecule has 17 heavy (non-hydrogen) atoms. The van der Waals surface area contributed by atoms with E-state index in [1.165, 1.54) is 0 Å². The van der Waals surface area contributed by atoms with Crippen molar-refractivity contribution in [2.45, 2.75) is 18.9 Å². The second-order valence-corrected chi connectivity index (χ2v) is 4.13. The first-order valence-electron chi connectivity index (χ1n) is 5.77. The van der Waals surface area contributed by atoms with Gasteiger partial charge in [0.25, 0.3) is 0 Å². The van der Waals surface area contributed by atoms with Crippen LogP contribution in [0.15, 0.2) is 37.1 Å². The van der Waals surface area contributed by atoms with Crippen molar-refractivity contribution in [3.8, 4) is 5.75 Å². The second-order valence-electron chi connectivity index (χ2n) is 4.13. The molecule has 0 aliphatic rings. The molecule has 3 heteroatoms. The molecule has 1 atom stereocenters. The Morgan fingerprint density at radius 2 is 2.35 bits per heavy atom. The van der Waals surface area contributed by atoms with Crippen LogP contribution < -0.4 is 10.5 Å². The van der Waals surface area contributed by atoms with Crippen LogP contribution in [0.25, 0.3) is 10.9 Å². The summed E-state index contributed by atoms with van der Waals surface area (Å²) in [7, 11) is 1.67. The minimum Gasteiger partial charge on any atom is -0.497 e. The average molecular weight is 230 g/mol. The highest BCUT2D eigenvalue weighted by molar-refractivity contribution is 5.85. The number of aromatic nitrogens is 1. The maximum atomic E-state index is 6.17. The lowest BCUT2D eigenvalue weighted by Crippen LogP contribution is -2.09. The smallest absolute Gasteiger partial charge is 0.119 e. The molecule has 0 radical (unpaired) electrons. The minimum atomic E-state index is 0.0360. The molecule has 0 saturated heterocycles. The van der Waals surface area contributed by atoms with Crippen LogP contribution >= 0.6 is 0 Å². The first-order valence-corrected chi connectivity index (χ1v) is 5.77. The van der Waals surface area contributed by atoms with Crippen molar-refractivity contribution in [3.63, 3.8) is 0 Å². The minimum absolute atomic E-state index is 0.0360. The van der Waals surface area contributed by atoms with Crippen LogP contribution in [0.1, 0.15) is 24.4 Å². The summed E-state index contributed by atoms with van der Waals surface area (Å²) < 4.78 is 5.24. The number of aromatic amines is 1. The molecule has 2 rings (SSSR count). The molecular formula is C14H18N2O. The summed E-state index contributed by atoms with van der Waals surface area (Å²) in [6, 6.07) is 6.01. The molecule has 90 valence electrons. The number of nitrogens with two attached hydrogens (primary N) is 1. The molecule has 0 aliphatic carbocycles. The molecule has 1 heterocycles. The third-order valence-corrected chi connectivity index (χ3v) is 3.00. The Morgan fingerprint density at radius 3 is 3.06 bits per heavy atom. The first kappa shape index (κ1) is 11.7. The fourth-order valence-electron chi connectivity index (χ4n) is 2.01. The number of H-pyrrole nitrogens is 1. The summed E-state index contributed by atoms with van der Waals surface area (Å²) in [5.41, 5.74) is 8.41. The van der Waals surface area contributed by atoms with E-state index in [9.17, 15) is 0 Å². The van der Waals surface area contributed by atoms with Gasteiger partial charge in [-0.05, 0) is 36.6 Å². The van der Waals surface area contributed by atoms with Crippen LogP contribution in [0, 0.1) is 0 Å². The number of benzene rings is 1. The zero-order valence-corrected chi connectivity index (χ0v) is 10.1. The van der Waals surface area contributed by atoms with Crippen LogP contribution in [-0.2, 0) is 0 Å². The van der Waals surface area contributed by atoms with E-state index < -0.39 is 0 Å². The van der Waals surface area contributed by atoms with Crippen molar-refractivity contribution in [3.05, 3.63) is 42.6 Å². The van der Waals surface area contributed by atoms with Crippen LogP contribution in [0.3, 0.4) is 0 Å². The number of nitrogens with one attached hydrogen (secondary N) is 1. The number of hydrogen-bond donors (Lipinski definition) is 2. The Morgan fingerprint density at radius 1 is 1.53 bits per heavy atom. The molecule has 1 aromatic heterocycles. The fraction of sp³-hybridized carbons (Fsp3) is 0.286. The second kappa shape index (κ2) is 5.06. The Balaban J connectivity index is 2.36. The number of ether oxygens (including phenoxy) is 1. The third kappa shape index (κ3) is 2.34. The van der Waals surface area contributed by atoms with Crippen LogP contribution in [0.5, 0.6) is 5.75 Å². The van der Waals surface area contributed by atoms with Crippen molar-refractivity contribution in [1.82, 2.24) is 4.98 Å². The summed E-state index contributed by atoms with van der Waals surface area (Å²) in [6.07, 6.45) is 5.72. The monoisotopic (exact) mass is 230 g/mol. The van der Waals surface area contributed by atoms with Gasteiger partial charge in [-0.3, -0.25) is 0 Å². The van der Waals surface area contributed by atoms with Crippen molar-refractivity contribution in [1.29, 1.82) is 0 Å². The first-order chi connectivity index (χ1) is 8.26. The van der Waals surface area contributed by atoms with E-state index >= 15 is 0 Å². The largest absolute Gasteiger partial charge is 0.497 e. The highest BCUT2D eigenvalue weighted by atomic mass is 16.5. The van der Waals surface area contributed by atoms with Crippen molar-refractivity contribution < 1.29 is 4.74 Å². The van der Waals surface area contributed by atoms with Crippen LogP contribution in [0.2, 0.25) is 0 Å². The number of hydrogen-bond acceptors (Lipinski definition) is 2. The summed E-state index contributed by atoms with van der Waals surface area (Å²) in [5, 5.41) is 1.14. The SMILES string of the molecule is C=CCC[C@H](N)c1c[nH]c2ccc(OC)cc12. The van der Waals surface area contributed by atoms with Gasteiger partial charge in [-0.15, -0.1) is 6.58 Å². The Kier molecular flexibility index (Phi) is 3.49. The summed E-state index contributed by atoms with van der Waals surface area (Å²) >= 11 is 0. The van der Waals surface area contributed by atoms with E-state index in [-0.39, 0.29) is 6.04 Å². The van der Waals surface area contributed by atoms with Crippen molar-refractivity contribution in [2.75, 3.05) is 7.11 Å². The topological polar surface area (TPSA) is 51.0 Å². The predicted molar refractivity (Wildman–Crippen MR) is 71.2 cm³/mol. The van der Waals surface area contributed by atoms with Gasteiger partial charge in [0.1, 0.15) is 5.75 Å². The average Bonchev–Trinajstić information content (AvgIpc) is 2.78. The lowest BCUT2D eigenvalue weighted by molar-refractivity contribution is 0.415. The molecular weight excluding hydrogens is 212 g/mol. The number of allylic oxidation sites excluding steroid dienone is 1. The van der Waals surface area contributed by atoms with E-state index in [0.29, 0.717) is 0 Å². The molecule has 0 aliphatic heterocycles. The molecule has 3 nitrogen and oxygen atoms in total. The lowest BCUT2D eigenvalue weighted by atomic mass is 10.0. The molecule has 0 fully saturated rings. The van der Waals surface area contributed by atoms with Gasteiger partial charge < -0.3 is 15.5 Å². The summed E-state index contributed by atoms with van der Waals surface area (Å²) in [6.45, 7) is 3.72. The molecule has 0 bridgehead atoms. The third-order valence-electron chi connectivity index (χ3n) is 3.00. The standard InChI is InChI=1S/C14H18N2O/c1-3-4-5-13(15)12-9-16-14-7-6-10(17-2)8-11(12)14/h3,6-9,13,16H,1,4-5,15H2,2H3/t13-/m0/s1. The van der Waals surface area contributed by atoms with Crippen molar-refractivity contribution in [2.24, 2.45) is 5.73 Å². The number of rotatable bonds is 5. The Labute approximate surface area is 101 Å². The van der Waals surface area contributed by atoms with Gasteiger partial charge in [-0.1, -0.05) is 6.08 Å². The number of fused-ring (bicyclic) bond motifs is 1. The molecule has 2 aromatic rings. The van der Waals surface area contributed by atoms with Crippen LogP contribution in [0.4, 0.5) is 0 Å². The Bertz CT molecular complexity index is 516. The number of methoxy groups -OCH3 is 1. The highest BCUT2D eigenvalue weighted by Gasteiger charge is 2.11. The van der Waals surface area contributed by atoms with Crippen molar-refractivity contribution >= 4 is 10.9 Å². The van der Waals surface area contributed by atoms with Gasteiger partial charge in [0.2, 0.25) is 0 Å². The molecule has 1 aromatic carbocycles. The van der Waals surface area contributed by atoms with Gasteiger partial charge in [0.05, 0.1) is 7.11 Å². The van der Waals surface area contributed by atoms with E-state index in [1.807, 2.05) is 30.5 Å². The highest BCUT2D eigenvalue weighted by Crippen LogP contribution is 2.28. The molecule has 0 unspecified atom stereocenters.